The second-order valence-corrected chi connectivity index (χ2v) is 23.8. The number of nitrogens with one attached hydrogen (secondary N) is 1. The molecular weight excluding hydrogens is 971 g/mol. The summed E-state index contributed by atoms with van der Waals surface area (Å²) in [4.78, 5) is 96.8. The predicted molar refractivity (Wildman–Crippen MR) is 253 cm³/mol. The molecule has 1 saturated carbocycles. The van der Waals surface area contributed by atoms with Crippen molar-refractivity contribution >= 4 is 53.0 Å². The van der Waals surface area contributed by atoms with Crippen LogP contribution in [0.3, 0.4) is 0 Å². The monoisotopic (exact) mass is 1030 g/mol. The molecule has 8 unspecified atom stereocenters. The zero-order valence-corrected chi connectivity index (χ0v) is 42.9. The molecule has 22 heteroatoms. The molecule has 6 aliphatic rings. The Balaban J connectivity index is 1.36. The van der Waals surface area contributed by atoms with E-state index in [4.69, 9.17) is 23.5 Å². The van der Waals surface area contributed by atoms with Crippen LogP contribution < -0.4 is 19.3 Å². The van der Waals surface area contributed by atoms with Crippen molar-refractivity contribution in [1.82, 2.24) is 5.32 Å². The Bertz CT molecular complexity index is 2830. The van der Waals surface area contributed by atoms with Crippen molar-refractivity contribution in [3.8, 4) is 17.2 Å². The second-order valence-electron chi connectivity index (χ2n) is 19.4. The fourth-order valence-corrected chi connectivity index (χ4v) is 13.0. The molecule has 378 valence electrons. The topological polar surface area (TPSA) is 277 Å². The number of hydrogen-bond donors (Lipinski definition) is 5. The number of ketones is 2. The highest BCUT2D eigenvalue weighted by atomic mass is 31.3. The molecule has 2 aromatic rings. The van der Waals surface area contributed by atoms with Gasteiger partial charge in [-0.25, -0.2) is 18.5 Å². The molecule has 8 rings (SSSR count). The van der Waals surface area contributed by atoms with E-state index in [1.807, 2.05) is 45.9 Å². The number of benzene rings is 2. The zero-order chi connectivity index (χ0) is 51.6. The highest BCUT2D eigenvalue weighted by molar-refractivity contribution is 7.66. The van der Waals surface area contributed by atoms with Crippen LogP contribution in [-0.2, 0) is 59.2 Å². The number of phosphoric acid groups is 3. The molecule has 2 aromatic carbocycles. The normalized spacial score (nSPS) is 26.9. The van der Waals surface area contributed by atoms with Gasteiger partial charge in [0.25, 0.3) is 0 Å². The van der Waals surface area contributed by atoms with Gasteiger partial charge in [-0.15, -0.1) is 0 Å². The number of carbonyl (C=O) groups excluding carboxylic acids is 4. The van der Waals surface area contributed by atoms with E-state index in [9.17, 15) is 47.7 Å². The van der Waals surface area contributed by atoms with Gasteiger partial charge in [-0.05, 0) is 106 Å². The van der Waals surface area contributed by atoms with Crippen molar-refractivity contribution in [2.45, 2.75) is 129 Å². The first-order valence-electron chi connectivity index (χ1n) is 22.5. The van der Waals surface area contributed by atoms with Gasteiger partial charge >= 0.3 is 29.4 Å². The first kappa shape index (κ1) is 53.0. The number of hydrogen-bond acceptors (Lipinski definition) is 14. The maximum Gasteiger partial charge on any atom is 0.536 e. The fourth-order valence-electron chi connectivity index (χ4n) is 9.89. The van der Waals surface area contributed by atoms with Crippen molar-refractivity contribution in [2.24, 2.45) is 11.8 Å². The molecule has 1 spiro atoms. The van der Waals surface area contributed by atoms with Crippen LogP contribution in [-0.4, -0.2) is 71.5 Å². The molecule has 0 radical (unpaired) electrons. The number of phosphoric ester groups is 1. The summed E-state index contributed by atoms with van der Waals surface area (Å²) >= 11 is 0. The van der Waals surface area contributed by atoms with E-state index < -0.39 is 98.5 Å². The minimum Gasteiger partial charge on any atom is -0.482 e. The third-order valence-corrected chi connectivity index (χ3v) is 16.8. The first-order chi connectivity index (χ1) is 32.4. The predicted octanol–water partition coefficient (Wildman–Crippen LogP) is 8.40. The van der Waals surface area contributed by atoms with Crippen LogP contribution in [0, 0.1) is 11.8 Å². The number of ether oxygens (including phenoxy) is 4. The summed E-state index contributed by atoms with van der Waals surface area (Å²) in [5, 5.41) is 2.64. The maximum absolute atomic E-state index is 15.6. The van der Waals surface area contributed by atoms with E-state index >= 15 is 4.79 Å². The number of esters is 1. The minimum atomic E-state index is -6.04. The van der Waals surface area contributed by atoms with E-state index in [0.29, 0.717) is 12.8 Å². The van der Waals surface area contributed by atoms with Crippen molar-refractivity contribution in [3.63, 3.8) is 0 Å². The summed E-state index contributed by atoms with van der Waals surface area (Å²) in [6.07, 6.45) is 10.9. The Labute approximate surface area is 405 Å². The number of rotatable bonds is 18. The summed E-state index contributed by atoms with van der Waals surface area (Å²) in [6, 6.07) is 7.95. The molecule has 3 aliphatic heterocycles. The lowest BCUT2D eigenvalue weighted by atomic mass is 9.51. The molecule has 19 nitrogen and oxygen atoms in total. The summed E-state index contributed by atoms with van der Waals surface area (Å²) in [5.74, 6) is -5.14. The van der Waals surface area contributed by atoms with Crippen molar-refractivity contribution in [1.29, 1.82) is 0 Å². The Morgan fingerprint density at radius 2 is 1.57 bits per heavy atom. The number of fused-ring (bicyclic) bond motifs is 2. The number of Topliss-reactive ketones (excluding diaryl/α,β-unsaturated/α-hetero) is 2. The summed E-state index contributed by atoms with van der Waals surface area (Å²) in [7, 11) is -17.8. The highest BCUT2D eigenvalue weighted by Gasteiger charge is 2.81. The van der Waals surface area contributed by atoms with Gasteiger partial charge in [-0.3, -0.25) is 19.3 Å². The molecule has 8 atom stereocenters. The lowest BCUT2D eigenvalue weighted by molar-refractivity contribution is -0.171. The van der Waals surface area contributed by atoms with E-state index in [-0.39, 0.29) is 59.6 Å². The van der Waals surface area contributed by atoms with Crippen molar-refractivity contribution in [3.05, 3.63) is 105 Å². The standard InChI is InChI=1S/C48H58NO18P3/c1-27(2)14-13-21-46(9)22-20-34-39(62-46)33(18-17-28(3)4)40-37(41(34)64-69(57,58)67-70(59,60)66-68(54,55)56)38(50)35-24-32-25-36-45(7,8)65-47(42(32)51,48(35,36)63-40)23-19-29(5)43(52)49-30(6)44(53)61-26-31-15-11-10-12-16-31/h10-12,14-17,19-20,22,24,30,32,36H,13,18,21,23,25-26H2,1-9H3,(H,49,52)(H,57,58)(H,59,60)(H2,54,55,56). The van der Waals surface area contributed by atoms with E-state index in [1.165, 1.54) is 32.1 Å². The number of allylic oxidation sites excluding steroid dienone is 5. The van der Waals surface area contributed by atoms with Crippen LogP contribution in [0.25, 0.3) is 6.08 Å². The third kappa shape index (κ3) is 10.3. The first-order valence-corrected chi connectivity index (χ1v) is 27.1. The van der Waals surface area contributed by atoms with Crippen LogP contribution in [0.2, 0.25) is 0 Å². The van der Waals surface area contributed by atoms with Gasteiger partial charge < -0.3 is 43.5 Å². The molecule has 0 aromatic heterocycles. The quantitative estimate of drug-likeness (QED) is 0.0405. The van der Waals surface area contributed by atoms with Gasteiger partial charge in [-0.1, -0.05) is 65.8 Å². The van der Waals surface area contributed by atoms with Gasteiger partial charge in [0.15, 0.2) is 28.5 Å². The zero-order valence-electron chi connectivity index (χ0n) is 40.2. The van der Waals surface area contributed by atoms with Gasteiger partial charge in [-0.2, -0.15) is 8.62 Å². The summed E-state index contributed by atoms with van der Waals surface area (Å²) < 4.78 is 77.9. The van der Waals surface area contributed by atoms with Crippen LogP contribution in [0.4, 0.5) is 0 Å². The summed E-state index contributed by atoms with van der Waals surface area (Å²) in [6.45, 7) is 15.8. The van der Waals surface area contributed by atoms with Gasteiger partial charge in [0, 0.05) is 35.0 Å². The molecule has 4 bridgehead atoms. The number of carbonyl (C=O) groups is 4. The Morgan fingerprint density at radius 3 is 2.21 bits per heavy atom. The van der Waals surface area contributed by atoms with E-state index in [2.05, 4.69) is 13.9 Å². The van der Waals surface area contributed by atoms with E-state index in [0.717, 1.165) is 16.7 Å². The molecule has 5 N–H and O–H groups in total. The van der Waals surface area contributed by atoms with Crippen LogP contribution in [0.1, 0.15) is 115 Å². The number of amides is 1. The molecule has 1 saturated heterocycles. The highest BCUT2D eigenvalue weighted by Crippen LogP contribution is 2.71. The van der Waals surface area contributed by atoms with Gasteiger partial charge in [0.1, 0.15) is 35.3 Å². The lowest BCUT2D eigenvalue weighted by Gasteiger charge is -2.56. The Morgan fingerprint density at radius 1 is 0.900 bits per heavy atom. The molecule has 70 heavy (non-hydrogen) atoms. The average molecular weight is 1030 g/mol. The van der Waals surface area contributed by atoms with Crippen molar-refractivity contribution in [2.75, 3.05) is 0 Å². The minimum absolute atomic E-state index is 0.00828. The largest absolute Gasteiger partial charge is 0.536 e. The lowest BCUT2D eigenvalue weighted by Crippen LogP contribution is -2.72. The fraction of sp³-hybridized carbons (Fsp3) is 0.458. The molecule has 1 amide bonds. The molecule has 2 fully saturated rings. The average Bonchev–Trinajstić information content (AvgIpc) is 3.39. The van der Waals surface area contributed by atoms with Gasteiger partial charge in [0.2, 0.25) is 5.91 Å². The van der Waals surface area contributed by atoms with Crippen LogP contribution in [0.5, 0.6) is 17.2 Å². The maximum atomic E-state index is 15.6. The summed E-state index contributed by atoms with van der Waals surface area (Å²) in [5.41, 5.74) is -3.67. The van der Waals surface area contributed by atoms with Crippen LogP contribution >= 0.6 is 23.5 Å². The smallest absolute Gasteiger partial charge is 0.482 e. The Kier molecular flexibility index (Phi) is 14.4. The van der Waals surface area contributed by atoms with Crippen molar-refractivity contribution < 1.29 is 84.5 Å². The Hall–Kier alpha value is -4.77. The van der Waals surface area contributed by atoms with E-state index in [1.54, 1.807) is 51.1 Å². The molecule has 3 aliphatic carbocycles. The third-order valence-electron chi connectivity index (χ3n) is 13.0. The van der Waals surface area contributed by atoms with Gasteiger partial charge in [0.05, 0.1) is 11.2 Å². The van der Waals surface area contributed by atoms with Crippen LogP contribution in [0.15, 0.2) is 83.0 Å². The SMILES string of the molecule is CC(C)=CCCC1(C)C=Cc2c(c(CC=C(C)C)c3c(c2OP(=O)(O)OP(=O)(O)OP(=O)(O)O)C(=O)C2=CC4CC5C(C)(C)OC(CC=C(C)C(=O)NC(C)C(=O)OCc6ccccc6)(C4=O)C25O3)O1. The second kappa shape index (κ2) is 19.0. The molecule has 3 heterocycles. The molecular formula is C48H58NO18P3.